The van der Waals surface area contributed by atoms with Crippen molar-refractivity contribution in [2.24, 2.45) is 0 Å². The summed E-state index contributed by atoms with van der Waals surface area (Å²) in [4.78, 5) is 0. The summed E-state index contributed by atoms with van der Waals surface area (Å²) in [6, 6.07) is 9.74. The number of ether oxygens (including phenoxy) is 5. The zero-order chi connectivity index (χ0) is 18.5. The summed E-state index contributed by atoms with van der Waals surface area (Å²) in [7, 11) is 0. The molecule has 1 aromatic carbocycles. The smallest absolute Gasteiger partial charge is 0.164 e. The van der Waals surface area contributed by atoms with Crippen LogP contribution in [0, 0.1) is 0 Å². The maximum atomic E-state index is 10.7. The minimum Gasteiger partial charge on any atom is -0.349 e. The van der Waals surface area contributed by atoms with Gasteiger partial charge in [0.2, 0.25) is 0 Å². The lowest BCUT2D eigenvalue weighted by molar-refractivity contribution is -0.274. The van der Waals surface area contributed by atoms with Crippen LogP contribution in [0.25, 0.3) is 0 Å². The van der Waals surface area contributed by atoms with Gasteiger partial charge in [0.15, 0.2) is 17.8 Å². The Morgan fingerprint density at radius 3 is 2.31 bits per heavy atom. The molecule has 0 amide bonds. The van der Waals surface area contributed by atoms with Crippen LogP contribution < -0.4 is 0 Å². The zero-order valence-corrected chi connectivity index (χ0v) is 15.6. The van der Waals surface area contributed by atoms with E-state index in [4.69, 9.17) is 23.7 Å². The van der Waals surface area contributed by atoms with E-state index in [1.165, 1.54) is 5.06 Å². The average Bonchev–Trinajstić information content (AvgIpc) is 3.18. The second kappa shape index (κ2) is 6.53. The fourth-order valence-corrected chi connectivity index (χ4v) is 3.88. The first-order chi connectivity index (χ1) is 12.2. The molecule has 0 saturated carbocycles. The molecule has 3 saturated heterocycles. The van der Waals surface area contributed by atoms with Crippen LogP contribution >= 0.6 is 0 Å². The highest BCUT2D eigenvalue weighted by Crippen LogP contribution is 2.43. The number of nitrogens with zero attached hydrogens (tertiary/aromatic N) is 1. The van der Waals surface area contributed by atoms with Crippen LogP contribution in [0.3, 0.4) is 0 Å². The van der Waals surface area contributed by atoms with Crippen molar-refractivity contribution in [2.75, 3.05) is 6.61 Å². The van der Waals surface area contributed by atoms with E-state index in [9.17, 15) is 5.21 Å². The third-order valence-electron chi connectivity index (χ3n) is 4.94. The summed E-state index contributed by atoms with van der Waals surface area (Å²) in [5.74, 6) is -1.39. The summed E-state index contributed by atoms with van der Waals surface area (Å²) >= 11 is 0. The minimum atomic E-state index is -0.738. The van der Waals surface area contributed by atoms with Gasteiger partial charge in [-0.25, -0.2) is 0 Å². The Balaban J connectivity index is 1.52. The number of benzene rings is 1. The second-order valence-electron chi connectivity index (χ2n) is 8.01. The van der Waals surface area contributed by atoms with Gasteiger partial charge in [0, 0.05) is 0 Å². The van der Waals surface area contributed by atoms with Crippen LogP contribution in [-0.4, -0.2) is 59.1 Å². The molecule has 0 aromatic heterocycles. The van der Waals surface area contributed by atoms with Crippen molar-refractivity contribution < 1.29 is 28.9 Å². The highest BCUT2D eigenvalue weighted by molar-refractivity contribution is 5.14. The predicted octanol–water partition coefficient (Wildman–Crippen LogP) is 2.27. The molecule has 144 valence electrons. The molecular weight excluding hydrogens is 338 g/mol. The van der Waals surface area contributed by atoms with Gasteiger partial charge < -0.3 is 28.9 Å². The molecule has 0 radical (unpaired) electrons. The molecule has 3 heterocycles. The van der Waals surface area contributed by atoms with Gasteiger partial charge in [0.25, 0.3) is 0 Å². The van der Waals surface area contributed by atoms with Gasteiger partial charge >= 0.3 is 0 Å². The normalized spacial score (nSPS) is 38.0. The summed E-state index contributed by atoms with van der Waals surface area (Å²) in [5, 5.41) is 11.9. The number of rotatable bonds is 4. The van der Waals surface area contributed by atoms with Crippen molar-refractivity contribution >= 4 is 0 Å². The number of hydrogen-bond donors (Lipinski definition) is 1. The molecule has 5 atom stereocenters. The van der Waals surface area contributed by atoms with E-state index in [-0.39, 0.29) is 18.3 Å². The Morgan fingerprint density at radius 2 is 1.65 bits per heavy atom. The van der Waals surface area contributed by atoms with Crippen LogP contribution in [0.5, 0.6) is 0 Å². The Labute approximate surface area is 153 Å². The lowest BCUT2D eigenvalue weighted by Crippen LogP contribution is -2.42. The molecule has 3 aliphatic rings. The highest BCUT2D eigenvalue weighted by atomic mass is 16.8. The molecule has 0 aliphatic carbocycles. The fraction of sp³-hybridized carbons (Fsp3) is 0.684. The van der Waals surface area contributed by atoms with Gasteiger partial charge in [-0.15, -0.1) is 0 Å². The van der Waals surface area contributed by atoms with Gasteiger partial charge in [-0.3, -0.25) is 0 Å². The first-order valence-electron chi connectivity index (χ1n) is 9.06. The predicted molar refractivity (Wildman–Crippen MR) is 91.2 cm³/mol. The Hall–Kier alpha value is -1.06. The third-order valence-corrected chi connectivity index (χ3v) is 4.94. The highest BCUT2D eigenvalue weighted by Gasteiger charge is 2.60. The van der Waals surface area contributed by atoms with Crippen LogP contribution in [0.15, 0.2) is 30.3 Å². The molecule has 7 heteroatoms. The quantitative estimate of drug-likeness (QED) is 0.821. The monoisotopic (exact) mass is 365 g/mol. The standard InChI is InChI=1S/C19H27NO6/c1-18(2)22-11-13(24-18)14-15-16(26-19(3,4)25-15)17(23-14)20(21)10-12-8-6-5-7-9-12/h5-9,13-17,21H,10-11H2,1-4H3/t13-,14-,15+,16+,17+/m1/s1. The molecule has 0 spiro atoms. The average molecular weight is 365 g/mol. The summed E-state index contributed by atoms with van der Waals surface area (Å²) in [6.07, 6.45) is -2.03. The molecule has 0 unspecified atom stereocenters. The molecule has 1 N–H and O–H groups in total. The first kappa shape index (κ1) is 18.3. The van der Waals surface area contributed by atoms with E-state index in [1.807, 2.05) is 58.0 Å². The molecule has 3 aliphatic heterocycles. The summed E-state index contributed by atoms with van der Waals surface area (Å²) in [6.45, 7) is 8.24. The Bertz CT molecular complexity index is 636. The van der Waals surface area contributed by atoms with Crippen LogP contribution in [0.1, 0.15) is 33.3 Å². The van der Waals surface area contributed by atoms with E-state index >= 15 is 0 Å². The van der Waals surface area contributed by atoms with Crippen LogP contribution in [-0.2, 0) is 30.2 Å². The van der Waals surface area contributed by atoms with Gasteiger partial charge in [0.05, 0.1) is 13.2 Å². The lowest BCUT2D eigenvalue weighted by Gasteiger charge is -2.29. The lowest BCUT2D eigenvalue weighted by atomic mass is 10.1. The van der Waals surface area contributed by atoms with Crippen molar-refractivity contribution in [3.8, 4) is 0 Å². The third kappa shape index (κ3) is 3.53. The molecule has 0 bridgehead atoms. The first-order valence-corrected chi connectivity index (χ1v) is 9.06. The van der Waals surface area contributed by atoms with Crippen molar-refractivity contribution in [1.29, 1.82) is 0 Å². The van der Waals surface area contributed by atoms with Crippen molar-refractivity contribution in [1.82, 2.24) is 5.06 Å². The Morgan fingerprint density at radius 1 is 0.962 bits per heavy atom. The second-order valence-corrected chi connectivity index (χ2v) is 8.01. The molecular formula is C19H27NO6. The van der Waals surface area contributed by atoms with Crippen molar-refractivity contribution in [3.05, 3.63) is 35.9 Å². The van der Waals surface area contributed by atoms with E-state index in [0.29, 0.717) is 13.2 Å². The van der Waals surface area contributed by atoms with E-state index < -0.39 is 23.9 Å². The number of hydrogen-bond acceptors (Lipinski definition) is 7. The number of fused-ring (bicyclic) bond motifs is 1. The van der Waals surface area contributed by atoms with E-state index in [0.717, 1.165) is 5.56 Å². The number of hydroxylamine groups is 2. The minimum absolute atomic E-state index is 0.273. The van der Waals surface area contributed by atoms with Gasteiger partial charge in [-0.05, 0) is 33.3 Å². The molecule has 7 nitrogen and oxygen atoms in total. The van der Waals surface area contributed by atoms with Gasteiger partial charge in [-0.1, -0.05) is 30.3 Å². The maximum Gasteiger partial charge on any atom is 0.164 e. The van der Waals surface area contributed by atoms with E-state index in [1.54, 1.807) is 0 Å². The molecule has 3 fully saturated rings. The van der Waals surface area contributed by atoms with Gasteiger partial charge in [0.1, 0.15) is 24.4 Å². The van der Waals surface area contributed by atoms with Crippen molar-refractivity contribution in [3.63, 3.8) is 0 Å². The van der Waals surface area contributed by atoms with Crippen LogP contribution in [0.2, 0.25) is 0 Å². The summed E-state index contributed by atoms with van der Waals surface area (Å²) in [5.41, 5.74) is 0.985. The van der Waals surface area contributed by atoms with Crippen molar-refractivity contribution in [2.45, 2.75) is 76.5 Å². The fourth-order valence-electron chi connectivity index (χ4n) is 3.88. The van der Waals surface area contributed by atoms with Gasteiger partial charge in [-0.2, -0.15) is 5.06 Å². The topological polar surface area (TPSA) is 69.6 Å². The van der Waals surface area contributed by atoms with E-state index in [2.05, 4.69) is 0 Å². The zero-order valence-electron chi connectivity index (χ0n) is 15.6. The summed E-state index contributed by atoms with van der Waals surface area (Å²) < 4.78 is 29.9. The largest absolute Gasteiger partial charge is 0.349 e. The SMILES string of the molecule is CC1(C)O[C@H]2[C@@H]([C@H]3COC(C)(C)O3)O[C@H](N(O)Cc3ccccc3)[C@H]2O1. The molecule has 1 aromatic rings. The molecule has 4 rings (SSSR count). The maximum absolute atomic E-state index is 10.7. The molecule has 26 heavy (non-hydrogen) atoms. The Kier molecular flexibility index (Phi) is 4.60. The van der Waals surface area contributed by atoms with Crippen LogP contribution in [0.4, 0.5) is 0 Å².